The first-order valence-electron chi connectivity index (χ1n) is 7.40. The third-order valence-electron chi connectivity index (χ3n) is 3.78. The highest BCUT2D eigenvalue weighted by molar-refractivity contribution is 6.43. The van der Waals surface area contributed by atoms with E-state index in [0.29, 0.717) is 11.1 Å². The van der Waals surface area contributed by atoms with Gasteiger partial charge in [0.2, 0.25) is 0 Å². The van der Waals surface area contributed by atoms with Crippen LogP contribution in [0.25, 0.3) is 0 Å². The van der Waals surface area contributed by atoms with E-state index in [1.54, 1.807) is 24.3 Å². The quantitative estimate of drug-likeness (QED) is 0.592. The summed E-state index contributed by atoms with van der Waals surface area (Å²) in [5.74, 6) is -1.99. The van der Waals surface area contributed by atoms with Crippen LogP contribution in [-0.4, -0.2) is 29.2 Å². The monoisotopic (exact) mass is 388 g/mol. The Kier molecular flexibility index (Phi) is 4.94. The summed E-state index contributed by atoms with van der Waals surface area (Å²) in [5.41, 5.74) is 1.37. The van der Waals surface area contributed by atoms with Crippen molar-refractivity contribution in [2.24, 2.45) is 0 Å². The van der Waals surface area contributed by atoms with Crippen LogP contribution in [0.1, 0.15) is 31.8 Å². The maximum Gasteiger partial charge on any atom is 0.326 e. The molecule has 0 saturated carbocycles. The van der Waals surface area contributed by atoms with E-state index in [9.17, 15) is 14.4 Å². The van der Waals surface area contributed by atoms with E-state index in [1.165, 1.54) is 12.1 Å². The van der Waals surface area contributed by atoms with Crippen LogP contribution in [0, 0.1) is 11.3 Å². The van der Waals surface area contributed by atoms with Crippen molar-refractivity contribution < 1.29 is 19.1 Å². The van der Waals surface area contributed by atoms with E-state index in [1.807, 2.05) is 6.07 Å². The van der Waals surface area contributed by atoms with Gasteiger partial charge in [-0.25, -0.2) is 0 Å². The fraction of sp³-hybridized carbons (Fsp3) is 0.111. The minimum atomic E-state index is -0.735. The van der Waals surface area contributed by atoms with Gasteiger partial charge in [0.1, 0.15) is 13.2 Å². The van der Waals surface area contributed by atoms with Crippen LogP contribution in [0.3, 0.4) is 0 Å². The number of hydrogen-bond acceptors (Lipinski definition) is 5. The van der Waals surface area contributed by atoms with Gasteiger partial charge in [-0.15, -0.1) is 0 Å². The van der Waals surface area contributed by atoms with E-state index in [-0.39, 0.29) is 27.8 Å². The Hall–Kier alpha value is -2.88. The zero-order valence-electron chi connectivity index (χ0n) is 13.2. The van der Waals surface area contributed by atoms with Gasteiger partial charge in [0.05, 0.1) is 32.8 Å². The molecule has 0 aromatic heterocycles. The van der Waals surface area contributed by atoms with E-state index in [0.717, 1.165) is 4.90 Å². The standard InChI is InChI=1S/C18H10Cl2N2O4/c19-14-5-12-13(6-15(14)20)18(25)22(17(12)24)8-16(23)26-9-11-3-1-10(7-21)2-4-11/h1-6H,8-9H2. The van der Waals surface area contributed by atoms with Gasteiger partial charge in [-0.2, -0.15) is 5.26 Å². The molecule has 1 heterocycles. The lowest BCUT2D eigenvalue weighted by Gasteiger charge is -2.13. The van der Waals surface area contributed by atoms with Crippen LogP contribution in [0.5, 0.6) is 0 Å². The number of carbonyl (C=O) groups excluding carboxylic acids is 3. The second-order valence-corrected chi connectivity index (χ2v) is 6.29. The smallest absolute Gasteiger partial charge is 0.326 e. The Balaban J connectivity index is 1.65. The molecule has 0 atom stereocenters. The van der Waals surface area contributed by atoms with Crippen LogP contribution in [0.15, 0.2) is 36.4 Å². The van der Waals surface area contributed by atoms with Gasteiger partial charge in [-0.3, -0.25) is 19.3 Å². The molecule has 2 aromatic rings. The Bertz CT molecular complexity index is 923. The predicted molar refractivity (Wildman–Crippen MR) is 92.8 cm³/mol. The number of nitrogens with zero attached hydrogens (tertiary/aromatic N) is 2. The number of carbonyl (C=O) groups is 3. The highest BCUT2D eigenvalue weighted by atomic mass is 35.5. The molecule has 6 nitrogen and oxygen atoms in total. The molecule has 2 amide bonds. The second kappa shape index (κ2) is 7.16. The first-order chi connectivity index (χ1) is 12.4. The highest BCUT2D eigenvalue weighted by Crippen LogP contribution is 2.31. The molecule has 0 saturated heterocycles. The van der Waals surface area contributed by atoms with Crippen LogP contribution in [0.4, 0.5) is 0 Å². The number of amides is 2. The SMILES string of the molecule is N#Cc1ccc(COC(=O)CN2C(=O)c3cc(Cl)c(Cl)cc3C2=O)cc1. The summed E-state index contributed by atoms with van der Waals surface area (Å²) in [4.78, 5) is 37.4. The third kappa shape index (κ3) is 3.40. The lowest BCUT2D eigenvalue weighted by molar-refractivity contribution is -0.145. The second-order valence-electron chi connectivity index (χ2n) is 5.48. The molecule has 1 aliphatic heterocycles. The van der Waals surface area contributed by atoms with E-state index >= 15 is 0 Å². The van der Waals surface area contributed by atoms with Gasteiger partial charge in [0.15, 0.2) is 0 Å². The summed E-state index contributed by atoms with van der Waals surface area (Å²) in [6.07, 6.45) is 0. The third-order valence-corrected chi connectivity index (χ3v) is 4.50. The lowest BCUT2D eigenvalue weighted by atomic mass is 10.1. The first-order valence-corrected chi connectivity index (χ1v) is 8.16. The Labute approximate surface area is 158 Å². The Morgan fingerprint density at radius 2 is 1.58 bits per heavy atom. The van der Waals surface area contributed by atoms with Gasteiger partial charge in [0, 0.05) is 0 Å². The van der Waals surface area contributed by atoms with Crippen molar-refractivity contribution in [1.29, 1.82) is 5.26 Å². The van der Waals surface area contributed by atoms with Gasteiger partial charge < -0.3 is 4.74 Å². The molecule has 3 rings (SSSR count). The Morgan fingerprint density at radius 3 is 2.08 bits per heavy atom. The van der Waals surface area contributed by atoms with Crippen molar-refractivity contribution in [3.8, 4) is 6.07 Å². The summed E-state index contributed by atoms with van der Waals surface area (Å²) < 4.78 is 5.09. The summed E-state index contributed by atoms with van der Waals surface area (Å²) in [5, 5.41) is 9.04. The van der Waals surface area contributed by atoms with Crippen LogP contribution < -0.4 is 0 Å². The average molecular weight is 389 g/mol. The maximum atomic E-state index is 12.3. The molecule has 0 spiro atoms. The molecule has 0 fully saturated rings. The predicted octanol–water partition coefficient (Wildman–Crippen LogP) is 3.20. The average Bonchev–Trinajstić information content (AvgIpc) is 2.85. The van der Waals surface area contributed by atoms with Gasteiger partial charge in [-0.05, 0) is 29.8 Å². The van der Waals surface area contributed by atoms with E-state index in [2.05, 4.69) is 0 Å². The zero-order valence-corrected chi connectivity index (χ0v) is 14.7. The van der Waals surface area contributed by atoms with Crippen LogP contribution >= 0.6 is 23.2 Å². The molecule has 0 radical (unpaired) electrons. The lowest BCUT2D eigenvalue weighted by Crippen LogP contribution is -2.35. The molecule has 26 heavy (non-hydrogen) atoms. The topological polar surface area (TPSA) is 87.5 Å². The molecule has 2 aromatic carbocycles. The first kappa shape index (κ1) is 17.9. The number of esters is 1. The van der Waals surface area contributed by atoms with E-state index in [4.69, 9.17) is 33.2 Å². The Morgan fingerprint density at radius 1 is 1.04 bits per heavy atom. The number of imide groups is 1. The number of nitriles is 1. The summed E-state index contributed by atoms with van der Waals surface area (Å²) in [6, 6.07) is 11.1. The molecule has 8 heteroatoms. The summed E-state index contributed by atoms with van der Waals surface area (Å²) in [6.45, 7) is -0.552. The minimum Gasteiger partial charge on any atom is -0.459 e. The van der Waals surface area contributed by atoms with Crippen molar-refractivity contribution in [1.82, 2.24) is 4.90 Å². The van der Waals surface area contributed by atoms with Crippen LogP contribution in [-0.2, 0) is 16.1 Å². The van der Waals surface area contributed by atoms with Gasteiger partial charge in [-0.1, -0.05) is 35.3 Å². The summed E-state index contributed by atoms with van der Waals surface area (Å²) >= 11 is 11.7. The molecule has 0 aliphatic carbocycles. The normalized spacial score (nSPS) is 12.7. The van der Waals surface area contributed by atoms with Crippen LogP contribution in [0.2, 0.25) is 10.0 Å². The molecular formula is C18H10Cl2N2O4. The number of benzene rings is 2. The van der Waals surface area contributed by atoms with E-state index < -0.39 is 24.3 Å². The maximum absolute atomic E-state index is 12.3. The van der Waals surface area contributed by atoms with Crippen molar-refractivity contribution in [2.75, 3.05) is 6.54 Å². The van der Waals surface area contributed by atoms with Crippen molar-refractivity contribution in [3.63, 3.8) is 0 Å². The molecular weight excluding hydrogens is 379 g/mol. The minimum absolute atomic E-state index is 0.0363. The molecule has 0 unspecified atom stereocenters. The molecule has 0 bridgehead atoms. The number of fused-ring (bicyclic) bond motifs is 1. The fourth-order valence-electron chi connectivity index (χ4n) is 2.44. The molecule has 0 N–H and O–H groups in total. The fourth-order valence-corrected chi connectivity index (χ4v) is 2.77. The number of halogens is 2. The highest BCUT2D eigenvalue weighted by Gasteiger charge is 2.37. The van der Waals surface area contributed by atoms with Gasteiger partial charge in [0.25, 0.3) is 11.8 Å². The molecule has 1 aliphatic rings. The molecule has 130 valence electrons. The number of ether oxygens (including phenoxy) is 1. The van der Waals surface area contributed by atoms with Crippen molar-refractivity contribution >= 4 is 41.0 Å². The largest absolute Gasteiger partial charge is 0.459 e. The van der Waals surface area contributed by atoms with Crippen molar-refractivity contribution in [3.05, 3.63) is 68.7 Å². The number of rotatable bonds is 4. The summed E-state index contributed by atoms with van der Waals surface area (Å²) in [7, 11) is 0. The van der Waals surface area contributed by atoms with Gasteiger partial charge >= 0.3 is 5.97 Å². The van der Waals surface area contributed by atoms with Crippen molar-refractivity contribution in [2.45, 2.75) is 6.61 Å². The number of hydrogen-bond donors (Lipinski definition) is 0. The zero-order chi connectivity index (χ0) is 18.8.